The second-order valence-corrected chi connectivity index (χ2v) is 13.8. The molecule has 2 fully saturated rings. The number of fused-ring (bicyclic) bond motifs is 1. The summed E-state index contributed by atoms with van der Waals surface area (Å²) in [7, 11) is -2.26. The lowest BCUT2D eigenvalue weighted by Gasteiger charge is -2.42. The van der Waals surface area contributed by atoms with Crippen LogP contribution in [0.25, 0.3) is 0 Å². The monoisotopic (exact) mass is 652 g/mol. The standard InChI is InChI=1S/C33H37ClN4O6S/c1-3-43-27-12-9-24(10-13-27)33(44-32(40)37-21-19-36(20-22-37)26-15-17-35(2)18-16-26)29-23-25(34)11-14-30(29)38(31(33)39)45(41,42)28-7-5-4-6-8-28/h4-14,23,26H,3,15-22H2,1-2H3. The van der Waals surface area contributed by atoms with Crippen molar-refractivity contribution >= 4 is 39.3 Å². The highest BCUT2D eigenvalue weighted by Gasteiger charge is 2.59. The molecule has 45 heavy (non-hydrogen) atoms. The number of likely N-dealkylation sites (tertiary alicyclic amines) is 1. The Morgan fingerprint density at radius 1 is 0.933 bits per heavy atom. The van der Waals surface area contributed by atoms with Gasteiger partial charge in [-0.05, 0) is 82.4 Å². The van der Waals surface area contributed by atoms with E-state index < -0.39 is 27.6 Å². The molecule has 1 atom stereocenters. The van der Waals surface area contributed by atoms with Gasteiger partial charge in [-0.3, -0.25) is 9.69 Å². The van der Waals surface area contributed by atoms with Gasteiger partial charge in [0.05, 0.1) is 17.2 Å². The number of piperazine rings is 1. The molecular formula is C33H37ClN4O6S. The van der Waals surface area contributed by atoms with Crippen molar-refractivity contribution < 1.29 is 27.5 Å². The van der Waals surface area contributed by atoms with Gasteiger partial charge in [0.25, 0.3) is 15.9 Å². The SMILES string of the molecule is CCOc1ccc(C2(OC(=O)N3CCN(C4CCN(C)CC4)CC3)C(=O)N(S(=O)(=O)c3ccccc3)c3ccc(Cl)cc32)cc1. The minimum Gasteiger partial charge on any atom is -0.494 e. The van der Waals surface area contributed by atoms with Crippen molar-refractivity contribution in [1.29, 1.82) is 0 Å². The Morgan fingerprint density at radius 2 is 1.60 bits per heavy atom. The third kappa shape index (κ3) is 5.78. The van der Waals surface area contributed by atoms with Crippen LogP contribution in [0.1, 0.15) is 30.9 Å². The van der Waals surface area contributed by atoms with Crippen molar-refractivity contribution in [1.82, 2.24) is 14.7 Å². The molecule has 3 heterocycles. The molecule has 238 valence electrons. The van der Waals surface area contributed by atoms with Crippen LogP contribution in [0, 0.1) is 0 Å². The third-order valence-electron chi connectivity index (χ3n) is 8.91. The van der Waals surface area contributed by atoms with Crippen molar-refractivity contribution in [2.45, 2.75) is 36.3 Å². The second kappa shape index (κ2) is 12.6. The zero-order chi connectivity index (χ0) is 31.8. The molecule has 0 N–H and O–H groups in total. The first-order valence-corrected chi connectivity index (χ1v) is 17.1. The van der Waals surface area contributed by atoms with Crippen LogP contribution in [0.15, 0.2) is 77.7 Å². The van der Waals surface area contributed by atoms with E-state index in [4.69, 9.17) is 21.1 Å². The molecule has 0 bridgehead atoms. The van der Waals surface area contributed by atoms with Gasteiger partial charge >= 0.3 is 6.09 Å². The summed E-state index contributed by atoms with van der Waals surface area (Å²) < 4.78 is 40.7. The number of carbonyl (C=O) groups is 2. The van der Waals surface area contributed by atoms with E-state index in [1.165, 1.54) is 30.3 Å². The maximum Gasteiger partial charge on any atom is 0.411 e. The third-order valence-corrected chi connectivity index (χ3v) is 10.9. The van der Waals surface area contributed by atoms with Crippen molar-refractivity contribution in [3.05, 3.63) is 88.9 Å². The zero-order valence-corrected chi connectivity index (χ0v) is 27.0. The second-order valence-electron chi connectivity index (χ2n) is 11.6. The van der Waals surface area contributed by atoms with Crippen LogP contribution in [0.2, 0.25) is 5.02 Å². The maximum absolute atomic E-state index is 14.7. The van der Waals surface area contributed by atoms with Crippen LogP contribution in [0.3, 0.4) is 0 Å². The minimum absolute atomic E-state index is 0.0712. The van der Waals surface area contributed by atoms with E-state index in [-0.39, 0.29) is 26.7 Å². The molecule has 3 aliphatic rings. The minimum atomic E-state index is -4.39. The Kier molecular flexibility index (Phi) is 8.80. The quantitative estimate of drug-likeness (QED) is 0.366. The number of ether oxygens (including phenoxy) is 2. The summed E-state index contributed by atoms with van der Waals surface area (Å²) in [5.41, 5.74) is -1.60. The number of hydrogen-bond donors (Lipinski definition) is 0. The molecule has 3 aromatic carbocycles. The first-order chi connectivity index (χ1) is 21.6. The maximum atomic E-state index is 14.7. The zero-order valence-electron chi connectivity index (χ0n) is 25.4. The molecule has 0 radical (unpaired) electrons. The highest BCUT2D eigenvalue weighted by molar-refractivity contribution is 7.93. The van der Waals surface area contributed by atoms with Gasteiger partial charge in [-0.15, -0.1) is 0 Å². The van der Waals surface area contributed by atoms with Crippen molar-refractivity contribution in [2.75, 3.05) is 57.2 Å². The number of halogens is 1. The Hall–Kier alpha value is -3.64. The molecule has 1 unspecified atom stereocenters. The molecule has 12 heteroatoms. The summed E-state index contributed by atoms with van der Waals surface area (Å²) in [6, 6.07) is 19.2. The van der Waals surface area contributed by atoms with E-state index in [2.05, 4.69) is 16.8 Å². The number of amides is 2. The normalized spacial score (nSPS) is 21.5. The number of carbonyl (C=O) groups excluding carboxylic acids is 2. The van der Waals surface area contributed by atoms with Crippen LogP contribution in [0.4, 0.5) is 10.5 Å². The number of benzene rings is 3. The molecule has 3 aliphatic heterocycles. The average Bonchev–Trinajstić information content (AvgIpc) is 3.30. The Balaban J connectivity index is 1.38. The van der Waals surface area contributed by atoms with Crippen molar-refractivity contribution in [3.63, 3.8) is 0 Å². The summed E-state index contributed by atoms with van der Waals surface area (Å²) in [6.45, 7) is 6.60. The van der Waals surface area contributed by atoms with Gasteiger partial charge < -0.3 is 19.3 Å². The Bertz CT molecular complexity index is 1660. The summed E-state index contributed by atoms with van der Waals surface area (Å²) in [5.74, 6) is -0.371. The average molecular weight is 653 g/mol. The molecule has 0 aromatic heterocycles. The van der Waals surface area contributed by atoms with Crippen LogP contribution in [0.5, 0.6) is 5.75 Å². The van der Waals surface area contributed by atoms with Crippen LogP contribution in [-0.4, -0.2) is 94.1 Å². The smallest absolute Gasteiger partial charge is 0.411 e. The molecule has 3 aromatic rings. The number of piperidine rings is 1. The highest BCUT2D eigenvalue weighted by atomic mass is 35.5. The van der Waals surface area contributed by atoms with E-state index in [1.54, 1.807) is 47.4 Å². The van der Waals surface area contributed by atoms with Gasteiger partial charge in [0, 0.05) is 48.4 Å². The fraction of sp³-hybridized carbons (Fsp3) is 0.394. The molecular weight excluding hydrogens is 616 g/mol. The Labute approximate surface area is 269 Å². The number of sulfonamides is 1. The van der Waals surface area contributed by atoms with Gasteiger partial charge in [-0.2, -0.15) is 4.31 Å². The van der Waals surface area contributed by atoms with E-state index in [9.17, 15) is 18.0 Å². The van der Waals surface area contributed by atoms with E-state index in [0.717, 1.165) is 30.2 Å². The Morgan fingerprint density at radius 3 is 2.24 bits per heavy atom. The fourth-order valence-corrected chi connectivity index (χ4v) is 8.13. The van der Waals surface area contributed by atoms with Crippen molar-refractivity contribution in [3.8, 4) is 5.75 Å². The lowest BCUT2D eigenvalue weighted by molar-refractivity contribution is -0.132. The van der Waals surface area contributed by atoms with Crippen molar-refractivity contribution in [2.24, 2.45) is 0 Å². The molecule has 2 amide bonds. The molecule has 2 saturated heterocycles. The van der Waals surface area contributed by atoms with Crippen LogP contribution < -0.4 is 9.04 Å². The lowest BCUT2D eigenvalue weighted by atomic mass is 9.87. The van der Waals surface area contributed by atoms with Gasteiger partial charge in [0.1, 0.15) is 5.75 Å². The van der Waals surface area contributed by atoms with E-state index in [0.29, 0.717) is 44.6 Å². The van der Waals surface area contributed by atoms with E-state index >= 15 is 0 Å². The number of hydrogen-bond acceptors (Lipinski definition) is 8. The number of rotatable bonds is 7. The fourth-order valence-electron chi connectivity index (χ4n) is 6.49. The molecule has 0 aliphatic carbocycles. The van der Waals surface area contributed by atoms with Gasteiger partial charge in [-0.1, -0.05) is 41.9 Å². The first kappa shape index (κ1) is 31.3. The number of nitrogens with zero attached hydrogens (tertiary/aromatic N) is 4. The molecule has 0 spiro atoms. The molecule has 10 nitrogen and oxygen atoms in total. The summed E-state index contributed by atoms with van der Waals surface area (Å²) in [6.07, 6.45) is 1.46. The molecule has 6 rings (SSSR count). The van der Waals surface area contributed by atoms with E-state index in [1.807, 2.05) is 6.92 Å². The largest absolute Gasteiger partial charge is 0.494 e. The highest BCUT2D eigenvalue weighted by Crippen LogP contribution is 2.50. The predicted molar refractivity (Wildman–Crippen MR) is 171 cm³/mol. The molecule has 0 saturated carbocycles. The lowest BCUT2D eigenvalue weighted by Crippen LogP contribution is -2.55. The van der Waals surface area contributed by atoms with Crippen LogP contribution >= 0.6 is 11.6 Å². The first-order valence-electron chi connectivity index (χ1n) is 15.2. The predicted octanol–water partition coefficient (Wildman–Crippen LogP) is 4.57. The van der Waals surface area contributed by atoms with Gasteiger partial charge in [0.15, 0.2) is 0 Å². The van der Waals surface area contributed by atoms with Gasteiger partial charge in [-0.25, -0.2) is 13.2 Å². The topological polar surface area (TPSA) is 99.7 Å². The van der Waals surface area contributed by atoms with Crippen LogP contribution in [-0.2, 0) is 25.2 Å². The number of anilines is 1. The summed E-state index contributed by atoms with van der Waals surface area (Å²) >= 11 is 6.46. The van der Waals surface area contributed by atoms with Gasteiger partial charge in [0.2, 0.25) is 5.60 Å². The summed E-state index contributed by atoms with van der Waals surface area (Å²) in [4.78, 5) is 35.0. The summed E-state index contributed by atoms with van der Waals surface area (Å²) in [5, 5.41) is 0.263.